The minimum Gasteiger partial charge on any atom is -0.479 e. The highest BCUT2D eigenvalue weighted by Crippen LogP contribution is 2.24. The zero-order chi connectivity index (χ0) is 12.3. The molecular formula is C9H6F2O5. The van der Waals surface area contributed by atoms with Gasteiger partial charge in [0.15, 0.2) is 18.2 Å². The Morgan fingerprint density at radius 2 is 1.88 bits per heavy atom. The van der Waals surface area contributed by atoms with Gasteiger partial charge in [-0.2, -0.15) is 0 Å². The standard InChI is InChI=1S/C9H6F2O5/c10-4-1-5(9(14)15)8(6(11)2-4)16-3-7(12)13/h1-2H,3H2,(H,12,13)(H,14,15). The molecule has 0 aliphatic carbocycles. The van der Waals surface area contributed by atoms with Crippen LogP contribution in [-0.4, -0.2) is 28.8 Å². The number of hydrogen-bond acceptors (Lipinski definition) is 3. The molecule has 0 atom stereocenters. The molecule has 0 aromatic heterocycles. The summed E-state index contributed by atoms with van der Waals surface area (Å²) < 4.78 is 30.2. The first kappa shape index (κ1) is 11.9. The topological polar surface area (TPSA) is 83.8 Å². The second kappa shape index (κ2) is 4.56. The van der Waals surface area contributed by atoms with Gasteiger partial charge in [-0.05, 0) is 6.07 Å². The lowest BCUT2D eigenvalue weighted by Gasteiger charge is -2.08. The van der Waals surface area contributed by atoms with E-state index in [0.29, 0.717) is 12.1 Å². The highest BCUT2D eigenvalue weighted by Gasteiger charge is 2.19. The van der Waals surface area contributed by atoms with Crippen molar-refractivity contribution in [2.75, 3.05) is 6.61 Å². The molecule has 1 aromatic carbocycles. The number of carboxylic acids is 2. The number of rotatable bonds is 4. The molecule has 0 fully saturated rings. The Morgan fingerprint density at radius 3 is 2.38 bits per heavy atom. The van der Waals surface area contributed by atoms with Crippen molar-refractivity contribution >= 4 is 11.9 Å². The fraction of sp³-hybridized carbons (Fsp3) is 0.111. The maximum atomic E-state index is 13.1. The third kappa shape index (κ3) is 2.66. The normalized spacial score (nSPS) is 9.88. The van der Waals surface area contributed by atoms with Crippen LogP contribution in [0.5, 0.6) is 5.75 Å². The van der Waals surface area contributed by atoms with Crippen molar-refractivity contribution < 1.29 is 33.3 Å². The van der Waals surface area contributed by atoms with Gasteiger partial charge in [0.1, 0.15) is 11.4 Å². The first-order valence-corrected chi connectivity index (χ1v) is 3.98. The second-order valence-corrected chi connectivity index (χ2v) is 2.75. The van der Waals surface area contributed by atoms with E-state index in [-0.39, 0.29) is 0 Å². The Hall–Kier alpha value is -2.18. The highest BCUT2D eigenvalue weighted by molar-refractivity contribution is 5.91. The number of ether oxygens (including phenoxy) is 1. The average Bonchev–Trinajstić information content (AvgIpc) is 2.14. The average molecular weight is 232 g/mol. The predicted molar refractivity (Wildman–Crippen MR) is 46.4 cm³/mol. The number of halogens is 2. The quantitative estimate of drug-likeness (QED) is 0.812. The smallest absolute Gasteiger partial charge is 0.341 e. The van der Waals surface area contributed by atoms with Gasteiger partial charge in [-0.25, -0.2) is 18.4 Å². The number of carbonyl (C=O) groups is 2. The van der Waals surface area contributed by atoms with Crippen molar-refractivity contribution in [2.24, 2.45) is 0 Å². The first-order chi connectivity index (χ1) is 7.41. The number of carboxylic acid groups (broad SMARTS) is 2. The summed E-state index contributed by atoms with van der Waals surface area (Å²) in [6.45, 7) is -0.914. The zero-order valence-corrected chi connectivity index (χ0v) is 7.74. The van der Waals surface area contributed by atoms with E-state index in [4.69, 9.17) is 10.2 Å². The van der Waals surface area contributed by atoms with Crippen LogP contribution in [0.4, 0.5) is 8.78 Å². The molecule has 5 nitrogen and oxygen atoms in total. The van der Waals surface area contributed by atoms with Crippen molar-refractivity contribution in [1.82, 2.24) is 0 Å². The molecule has 0 radical (unpaired) electrons. The SMILES string of the molecule is O=C(O)COc1c(F)cc(F)cc1C(=O)O. The molecule has 16 heavy (non-hydrogen) atoms. The Labute approximate surface area is 87.9 Å². The Bertz CT molecular complexity index is 444. The molecule has 0 amide bonds. The maximum absolute atomic E-state index is 13.1. The number of benzene rings is 1. The van der Waals surface area contributed by atoms with Crippen LogP contribution in [0.15, 0.2) is 12.1 Å². The van der Waals surface area contributed by atoms with Crippen LogP contribution in [0.2, 0.25) is 0 Å². The maximum Gasteiger partial charge on any atom is 0.341 e. The van der Waals surface area contributed by atoms with Crippen molar-refractivity contribution in [2.45, 2.75) is 0 Å². The van der Waals surface area contributed by atoms with Gasteiger partial charge < -0.3 is 14.9 Å². The van der Waals surface area contributed by atoms with Crippen molar-refractivity contribution in [3.63, 3.8) is 0 Å². The summed E-state index contributed by atoms with van der Waals surface area (Å²) in [6.07, 6.45) is 0. The third-order valence-corrected chi connectivity index (χ3v) is 1.58. The van der Waals surface area contributed by atoms with E-state index in [1.807, 2.05) is 0 Å². The molecule has 1 rings (SSSR count). The summed E-state index contributed by atoms with van der Waals surface area (Å²) in [5.41, 5.74) is -0.765. The molecule has 7 heteroatoms. The van der Waals surface area contributed by atoms with Crippen LogP contribution in [0.1, 0.15) is 10.4 Å². The van der Waals surface area contributed by atoms with Gasteiger partial charge in [-0.3, -0.25) is 0 Å². The second-order valence-electron chi connectivity index (χ2n) is 2.75. The van der Waals surface area contributed by atoms with Crippen LogP contribution < -0.4 is 4.74 Å². The lowest BCUT2D eigenvalue weighted by molar-refractivity contribution is -0.139. The molecule has 86 valence electrons. The van der Waals surface area contributed by atoms with Gasteiger partial charge in [0, 0.05) is 6.07 Å². The molecule has 0 spiro atoms. The predicted octanol–water partition coefficient (Wildman–Crippen LogP) is 1.13. The number of aliphatic carboxylic acids is 1. The van der Waals surface area contributed by atoms with Crippen LogP contribution in [0, 0.1) is 11.6 Å². The van der Waals surface area contributed by atoms with Crippen LogP contribution in [0.3, 0.4) is 0 Å². The largest absolute Gasteiger partial charge is 0.479 e. The molecular weight excluding hydrogens is 226 g/mol. The Balaban J connectivity index is 3.14. The van der Waals surface area contributed by atoms with Gasteiger partial charge in [0.05, 0.1) is 0 Å². The summed E-state index contributed by atoms with van der Waals surface area (Å²) >= 11 is 0. The Kier molecular flexibility index (Phi) is 3.39. The minimum absolute atomic E-state index is 0.406. The molecule has 1 aromatic rings. The van der Waals surface area contributed by atoms with Crippen molar-refractivity contribution in [1.29, 1.82) is 0 Å². The van der Waals surface area contributed by atoms with Gasteiger partial charge >= 0.3 is 11.9 Å². The van der Waals surface area contributed by atoms with E-state index in [1.165, 1.54) is 0 Å². The van der Waals surface area contributed by atoms with Gasteiger partial charge in [0.25, 0.3) is 0 Å². The van der Waals surface area contributed by atoms with Gasteiger partial charge in [-0.15, -0.1) is 0 Å². The van der Waals surface area contributed by atoms with E-state index < -0.39 is 41.5 Å². The van der Waals surface area contributed by atoms with E-state index in [0.717, 1.165) is 0 Å². The summed E-state index contributed by atoms with van der Waals surface area (Å²) in [7, 11) is 0. The number of aromatic carboxylic acids is 1. The van der Waals surface area contributed by atoms with Gasteiger partial charge in [0.2, 0.25) is 0 Å². The zero-order valence-electron chi connectivity index (χ0n) is 7.74. The first-order valence-electron chi connectivity index (χ1n) is 3.98. The summed E-state index contributed by atoms with van der Waals surface area (Å²) in [5.74, 6) is -6.16. The van der Waals surface area contributed by atoms with Crippen molar-refractivity contribution in [3.8, 4) is 5.75 Å². The van der Waals surface area contributed by atoms with Crippen LogP contribution in [-0.2, 0) is 4.79 Å². The van der Waals surface area contributed by atoms with Gasteiger partial charge in [-0.1, -0.05) is 0 Å². The fourth-order valence-electron chi connectivity index (χ4n) is 1.000. The summed E-state index contributed by atoms with van der Waals surface area (Å²) in [5, 5.41) is 16.9. The Morgan fingerprint density at radius 1 is 1.25 bits per heavy atom. The molecule has 0 bridgehead atoms. The monoisotopic (exact) mass is 232 g/mol. The van der Waals surface area contributed by atoms with E-state index >= 15 is 0 Å². The minimum atomic E-state index is -1.61. The van der Waals surface area contributed by atoms with E-state index in [2.05, 4.69) is 4.74 Å². The third-order valence-electron chi connectivity index (χ3n) is 1.58. The molecule has 0 aliphatic rings. The fourth-order valence-corrected chi connectivity index (χ4v) is 1.000. The lowest BCUT2D eigenvalue weighted by atomic mass is 10.2. The van der Waals surface area contributed by atoms with E-state index in [9.17, 15) is 18.4 Å². The van der Waals surface area contributed by atoms with Crippen molar-refractivity contribution in [3.05, 3.63) is 29.3 Å². The summed E-state index contributed by atoms with van der Waals surface area (Å²) in [6, 6.07) is 0.951. The van der Waals surface area contributed by atoms with Crippen LogP contribution in [0.25, 0.3) is 0 Å². The van der Waals surface area contributed by atoms with E-state index in [1.54, 1.807) is 0 Å². The van der Waals surface area contributed by atoms with Crippen LogP contribution >= 0.6 is 0 Å². The molecule has 0 saturated carbocycles. The molecule has 2 N–H and O–H groups in total. The molecule has 0 unspecified atom stereocenters. The molecule has 0 aliphatic heterocycles. The number of hydrogen-bond donors (Lipinski definition) is 2. The molecule has 0 heterocycles. The lowest BCUT2D eigenvalue weighted by Crippen LogP contribution is -2.13. The summed E-state index contributed by atoms with van der Waals surface area (Å²) in [4.78, 5) is 20.8. The highest BCUT2D eigenvalue weighted by atomic mass is 19.1. The molecule has 0 saturated heterocycles.